The third-order valence-corrected chi connectivity index (χ3v) is 5.36. The summed E-state index contributed by atoms with van der Waals surface area (Å²) in [7, 11) is 1.64. The van der Waals surface area contributed by atoms with Gasteiger partial charge >= 0.3 is 0 Å². The number of hydrogen-bond acceptors (Lipinski definition) is 4. The van der Waals surface area contributed by atoms with Gasteiger partial charge in [0.15, 0.2) is 4.80 Å². The Morgan fingerprint density at radius 1 is 1.19 bits per heavy atom. The normalized spacial score (nSPS) is 11.8. The van der Waals surface area contributed by atoms with Crippen molar-refractivity contribution in [3.63, 3.8) is 0 Å². The molecule has 0 radical (unpaired) electrons. The van der Waals surface area contributed by atoms with Gasteiger partial charge in [-0.1, -0.05) is 23.5 Å². The van der Waals surface area contributed by atoms with Gasteiger partial charge in [0.2, 0.25) is 0 Å². The van der Waals surface area contributed by atoms with Gasteiger partial charge in [0.25, 0.3) is 5.91 Å². The van der Waals surface area contributed by atoms with Crippen LogP contribution < -0.4 is 14.3 Å². The first-order valence-corrected chi connectivity index (χ1v) is 9.84. The molecule has 142 valence electrons. The Morgan fingerprint density at radius 2 is 2.00 bits per heavy atom. The van der Waals surface area contributed by atoms with E-state index < -0.39 is 0 Å². The number of aryl methyl sites for hydroxylation is 2. The quantitative estimate of drug-likeness (QED) is 0.643. The number of amides is 1. The predicted molar refractivity (Wildman–Crippen MR) is 109 cm³/mol. The summed E-state index contributed by atoms with van der Waals surface area (Å²) < 4.78 is 14.0. The molecule has 0 fully saturated rings. The predicted octanol–water partition coefficient (Wildman–Crippen LogP) is 4.11. The third kappa shape index (κ3) is 4.22. The Morgan fingerprint density at radius 3 is 2.67 bits per heavy atom. The van der Waals surface area contributed by atoms with Crippen molar-refractivity contribution < 1.29 is 14.3 Å². The molecule has 2 aromatic carbocycles. The molecule has 6 heteroatoms. The summed E-state index contributed by atoms with van der Waals surface area (Å²) in [6, 6.07) is 11.8. The molecule has 0 aliphatic carbocycles. The fraction of sp³-hybridized carbons (Fsp3) is 0.333. The van der Waals surface area contributed by atoms with Crippen molar-refractivity contribution in [2.24, 2.45) is 4.99 Å². The number of ether oxygens (including phenoxy) is 2. The lowest BCUT2D eigenvalue weighted by molar-refractivity contribution is -0.117. The first-order valence-electron chi connectivity index (χ1n) is 9.03. The second-order valence-corrected chi connectivity index (χ2v) is 7.19. The van der Waals surface area contributed by atoms with Crippen LogP contribution in [0.2, 0.25) is 0 Å². The molecular weight excluding hydrogens is 360 g/mol. The molecule has 27 heavy (non-hydrogen) atoms. The van der Waals surface area contributed by atoms with Crippen LogP contribution in [0.3, 0.4) is 0 Å². The van der Waals surface area contributed by atoms with E-state index in [1.807, 2.05) is 50.2 Å². The van der Waals surface area contributed by atoms with E-state index in [4.69, 9.17) is 9.47 Å². The minimum absolute atomic E-state index is 0.154. The lowest BCUT2D eigenvalue weighted by atomic mass is 10.1. The monoisotopic (exact) mass is 384 g/mol. The number of carbonyl (C=O) groups is 1. The van der Waals surface area contributed by atoms with Crippen molar-refractivity contribution in [2.75, 3.05) is 13.7 Å². The Kier molecular flexibility index (Phi) is 5.96. The highest BCUT2D eigenvalue weighted by atomic mass is 32.1. The van der Waals surface area contributed by atoms with E-state index in [9.17, 15) is 4.79 Å². The Balaban J connectivity index is 1.92. The standard InChI is InChI=1S/C21H24N2O3S/c1-5-23-17-9-8-16(26-6-2)13-19(17)27-21(23)22-20(24)12-15-7-10-18(25-4)14(3)11-15/h7-11,13H,5-6,12H2,1-4H3. The largest absolute Gasteiger partial charge is 0.496 e. The van der Waals surface area contributed by atoms with E-state index in [0.29, 0.717) is 6.61 Å². The van der Waals surface area contributed by atoms with Gasteiger partial charge in [-0.25, -0.2) is 0 Å². The number of thiazole rings is 1. The van der Waals surface area contributed by atoms with E-state index in [-0.39, 0.29) is 12.3 Å². The summed E-state index contributed by atoms with van der Waals surface area (Å²) in [5.74, 6) is 1.50. The number of methoxy groups -OCH3 is 1. The summed E-state index contributed by atoms with van der Waals surface area (Å²) in [4.78, 5) is 17.6. The molecule has 1 aromatic heterocycles. The van der Waals surface area contributed by atoms with Crippen molar-refractivity contribution in [1.29, 1.82) is 0 Å². The van der Waals surface area contributed by atoms with Crippen LogP contribution in [0.15, 0.2) is 41.4 Å². The maximum atomic E-state index is 12.5. The molecule has 3 aromatic rings. The first-order chi connectivity index (χ1) is 13.0. The summed E-state index contributed by atoms with van der Waals surface area (Å²) in [5.41, 5.74) is 3.01. The van der Waals surface area contributed by atoms with Gasteiger partial charge in [-0.2, -0.15) is 4.99 Å². The molecule has 0 saturated carbocycles. The number of benzene rings is 2. The number of hydrogen-bond donors (Lipinski definition) is 0. The van der Waals surface area contributed by atoms with Crippen LogP contribution in [0.1, 0.15) is 25.0 Å². The van der Waals surface area contributed by atoms with E-state index >= 15 is 0 Å². The highest BCUT2D eigenvalue weighted by molar-refractivity contribution is 7.16. The fourth-order valence-corrected chi connectivity index (χ4v) is 4.21. The van der Waals surface area contributed by atoms with Gasteiger partial charge < -0.3 is 14.0 Å². The zero-order chi connectivity index (χ0) is 19.4. The van der Waals surface area contributed by atoms with Crippen LogP contribution in [0, 0.1) is 6.92 Å². The molecule has 0 saturated heterocycles. The Bertz CT molecular complexity index is 1030. The number of nitrogens with zero attached hydrogens (tertiary/aromatic N) is 2. The minimum Gasteiger partial charge on any atom is -0.496 e. The minimum atomic E-state index is -0.154. The Hall–Kier alpha value is -2.60. The molecule has 1 amide bonds. The summed E-state index contributed by atoms with van der Waals surface area (Å²) in [5, 5.41) is 0. The van der Waals surface area contributed by atoms with Crippen LogP contribution >= 0.6 is 11.3 Å². The number of carbonyl (C=O) groups excluding carboxylic acids is 1. The number of aromatic nitrogens is 1. The zero-order valence-corrected chi connectivity index (χ0v) is 16.9. The van der Waals surface area contributed by atoms with Crippen molar-refractivity contribution in [2.45, 2.75) is 33.7 Å². The molecule has 0 N–H and O–H groups in total. The van der Waals surface area contributed by atoms with E-state index in [2.05, 4.69) is 16.5 Å². The molecule has 0 aliphatic rings. The third-order valence-electron chi connectivity index (χ3n) is 4.32. The molecule has 3 rings (SSSR count). The van der Waals surface area contributed by atoms with Gasteiger partial charge in [-0.3, -0.25) is 4.79 Å². The van der Waals surface area contributed by atoms with Gasteiger partial charge in [-0.15, -0.1) is 0 Å². The van der Waals surface area contributed by atoms with E-state index in [1.165, 1.54) is 11.3 Å². The fourth-order valence-electron chi connectivity index (χ4n) is 3.07. The van der Waals surface area contributed by atoms with Crippen LogP contribution in [0.25, 0.3) is 10.2 Å². The van der Waals surface area contributed by atoms with Crippen molar-refractivity contribution in [1.82, 2.24) is 4.57 Å². The molecule has 0 atom stereocenters. The van der Waals surface area contributed by atoms with Crippen LogP contribution in [-0.4, -0.2) is 24.2 Å². The molecule has 0 aliphatic heterocycles. The highest BCUT2D eigenvalue weighted by Gasteiger charge is 2.09. The second kappa shape index (κ2) is 8.39. The highest BCUT2D eigenvalue weighted by Crippen LogP contribution is 2.23. The summed E-state index contributed by atoms with van der Waals surface area (Å²) in [6.45, 7) is 7.37. The molecule has 0 bridgehead atoms. The first kappa shape index (κ1) is 19.2. The van der Waals surface area contributed by atoms with Gasteiger partial charge in [0.1, 0.15) is 11.5 Å². The van der Waals surface area contributed by atoms with Gasteiger partial charge in [0.05, 0.1) is 30.4 Å². The average Bonchev–Trinajstić information content (AvgIpc) is 2.98. The van der Waals surface area contributed by atoms with Gasteiger partial charge in [-0.05, 0) is 56.2 Å². The molecule has 1 heterocycles. The van der Waals surface area contributed by atoms with Crippen LogP contribution in [0.4, 0.5) is 0 Å². The maximum absolute atomic E-state index is 12.5. The number of fused-ring (bicyclic) bond motifs is 1. The lowest BCUT2D eigenvalue weighted by Gasteiger charge is -2.06. The van der Waals surface area contributed by atoms with E-state index in [1.54, 1.807) is 7.11 Å². The molecule has 5 nitrogen and oxygen atoms in total. The van der Waals surface area contributed by atoms with Crippen molar-refractivity contribution in [3.8, 4) is 11.5 Å². The zero-order valence-electron chi connectivity index (χ0n) is 16.1. The average molecular weight is 385 g/mol. The molecule has 0 spiro atoms. The lowest BCUT2D eigenvalue weighted by Crippen LogP contribution is -2.16. The Labute approximate surface area is 162 Å². The maximum Gasteiger partial charge on any atom is 0.252 e. The number of rotatable bonds is 6. The SMILES string of the molecule is CCOc1ccc2c(c1)sc(=NC(=O)Cc1ccc(OC)c(C)c1)n2CC. The van der Waals surface area contributed by atoms with Gasteiger partial charge in [0, 0.05) is 6.54 Å². The van der Waals surface area contributed by atoms with Crippen LogP contribution in [0.5, 0.6) is 11.5 Å². The topological polar surface area (TPSA) is 52.8 Å². The summed E-state index contributed by atoms with van der Waals surface area (Å²) >= 11 is 1.51. The summed E-state index contributed by atoms with van der Waals surface area (Å²) in [6.07, 6.45) is 0.271. The van der Waals surface area contributed by atoms with Crippen LogP contribution in [-0.2, 0) is 17.8 Å². The van der Waals surface area contributed by atoms with E-state index in [0.717, 1.165) is 44.2 Å². The smallest absolute Gasteiger partial charge is 0.252 e. The molecular formula is C21H24N2O3S. The van der Waals surface area contributed by atoms with Crippen molar-refractivity contribution >= 4 is 27.5 Å². The second-order valence-electron chi connectivity index (χ2n) is 6.18. The van der Waals surface area contributed by atoms with Crippen molar-refractivity contribution in [3.05, 3.63) is 52.3 Å². The molecule has 0 unspecified atom stereocenters.